The highest BCUT2D eigenvalue weighted by molar-refractivity contribution is 6.04. The molecule has 3 N–H and O–H groups in total. The smallest absolute Gasteiger partial charge is 0.407 e. The first-order valence-corrected chi connectivity index (χ1v) is 9.95. The minimum Gasteiger partial charge on any atom is -0.497 e. The summed E-state index contributed by atoms with van der Waals surface area (Å²) in [6.45, 7) is 5.70. The lowest BCUT2D eigenvalue weighted by Crippen LogP contribution is -2.35. The van der Waals surface area contributed by atoms with Gasteiger partial charge in [0.1, 0.15) is 11.4 Å². The van der Waals surface area contributed by atoms with E-state index in [0.717, 1.165) is 5.56 Å². The first-order valence-electron chi connectivity index (χ1n) is 9.95. The van der Waals surface area contributed by atoms with Crippen LogP contribution in [0.3, 0.4) is 0 Å². The van der Waals surface area contributed by atoms with Crippen LogP contribution in [0.15, 0.2) is 48.5 Å². The molecule has 0 aliphatic rings. The summed E-state index contributed by atoms with van der Waals surface area (Å²) in [6, 6.07) is 14.1. The summed E-state index contributed by atoms with van der Waals surface area (Å²) >= 11 is 0. The SMILES string of the molecule is COc1cccc(C(=O)Nc2ccccc2CNC(=O)CCNC(=O)OC(C)(C)C)c1. The van der Waals surface area contributed by atoms with Crippen LogP contribution in [0.4, 0.5) is 10.5 Å². The number of benzene rings is 2. The van der Waals surface area contributed by atoms with Crippen molar-refractivity contribution < 1.29 is 23.9 Å². The molecule has 3 amide bonds. The number of methoxy groups -OCH3 is 1. The van der Waals surface area contributed by atoms with Crippen molar-refractivity contribution in [3.05, 3.63) is 59.7 Å². The van der Waals surface area contributed by atoms with Crippen molar-refractivity contribution in [2.45, 2.75) is 39.3 Å². The number of amides is 3. The summed E-state index contributed by atoms with van der Waals surface area (Å²) in [7, 11) is 1.54. The monoisotopic (exact) mass is 427 g/mol. The fraction of sp³-hybridized carbons (Fsp3) is 0.348. The van der Waals surface area contributed by atoms with Gasteiger partial charge in [-0.15, -0.1) is 0 Å². The van der Waals surface area contributed by atoms with E-state index in [-0.39, 0.29) is 31.3 Å². The van der Waals surface area contributed by atoms with Gasteiger partial charge in [0.25, 0.3) is 5.91 Å². The number of hydrogen-bond acceptors (Lipinski definition) is 5. The third-order valence-corrected chi connectivity index (χ3v) is 4.09. The Morgan fingerprint density at radius 3 is 2.42 bits per heavy atom. The van der Waals surface area contributed by atoms with E-state index in [0.29, 0.717) is 17.0 Å². The summed E-state index contributed by atoms with van der Waals surface area (Å²) in [5.41, 5.74) is 1.23. The van der Waals surface area contributed by atoms with Crippen LogP contribution in [0, 0.1) is 0 Å². The van der Waals surface area contributed by atoms with Crippen LogP contribution in [0.1, 0.15) is 43.1 Å². The molecule has 0 saturated heterocycles. The van der Waals surface area contributed by atoms with Crippen molar-refractivity contribution in [2.75, 3.05) is 19.0 Å². The van der Waals surface area contributed by atoms with Crippen LogP contribution >= 0.6 is 0 Å². The van der Waals surface area contributed by atoms with Crippen molar-refractivity contribution in [3.8, 4) is 5.75 Å². The van der Waals surface area contributed by atoms with E-state index in [1.54, 1.807) is 57.2 Å². The zero-order valence-corrected chi connectivity index (χ0v) is 18.3. The van der Waals surface area contributed by atoms with Crippen molar-refractivity contribution in [1.82, 2.24) is 10.6 Å². The summed E-state index contributed by atoms with van der Waals surface area (Å²) in [6.07, 6.45) is -0.455. The van der Waals surface area contributed by atoms with Gasteiger partial charge in [0.2, 0.25) is 5.91 Å². The fourth-order valence-electron chi connectivity index (χ4n) is 2.63. The zero-order valence-electron chi connectivity index (χ0n) is 18.3. The van der Waals surface area contributed by atoms with Gasteiger partial charge in [-0.2, -0.15) is 0 Å². The lowest BCUT2D eigenvalue weighted by molar-refractivity contribution is -0.121. The van der Waals surface area contributed by atoms with Gasteiger partial charge in [-0.3, -0.25) is 9.59 Å². The van der Waals surface area contributed by atoms with Gasteiger partial charge in [-0.1, -0.05) is 24.3 Å². The van der Waals surface area contributed by atoms with Crippen molar-refractivity contribution in [2.24, 2.45) is 0 Å². The minimum absolute atomic E-state index is 0.109. The van der Waals surface area contributed by atoms with Crippen LogP contribution in [0.25, 0.3) is 0 Å². The second-order valence-electron chi connectivity index (χ2n) is 7.80. The predicted octanol–water partition coefficient (Wildman–Crippen LogP) is 3.48. The van der Waals surface area contributed by atoms with Crippen molar-refractivity contribution in [1.29, 1.82) is 0 Å². The average Bonchev–Trinajstić information content (AvgIpc) is 2.71. The van der Waals surface area contributed by atoms with Crippen LogP contribution in [0.2, 0.25) is 0 Å². The Balaban J connectivity index is 1.87. The molecule has 2 aromatic rings. The molecule has 0 heterocycles. The first-order chi connectivity index (χ1) is 14.7. The number of alkyl carbamates (subject to hydrolysis) is 1. The Morgan fingerprint density at radius 2 is 1.71 bits per heavy atom. The number of nitrogens with one attached hydrogen (secondary N) is 3. The number of carbonyl (C=O) groups is 3. The Labute approximate surface area is 182 Å². The highest BCUT2D eigenvalue weighted by Gasteiger charge is 2.16. The Bertz CT molecular complexity index is 921. The van der Waals surface area contributed by atoms with Crippen molar-refractivity contribution >= 4 is 23.6 Å². The van der Waals surface area contributed by atoms with Gasteiger partial charge in [0.15, 0.2) is 0 Å². The number of ether oxygens (including phenoxy) is 2. The molecule has 0 fully saturated rings. The van der Waals surface area contributed by atoms with Crippen LogP contribution in [0.5, 0.6) is 5.75 Å². The number of rotatable bonds is 8. The molecule has 0 atom stereocenters. The molecule has 31 heavy (non-hydrogen) atoms. The molecule has 2 rings (SSSR count). The maximum atomic E-state index is 12.6. The maximum Gasteiger partial charge on any atom is 0.407 e. The molecule has 0 aliphatic heterocycles. The van der Waals surface area contributed by atoms with Crippen LogP contribution in [-0.2, 0) is 16.1 Å². The largest absolute Gasteiger partial charge is 0.497 e. The normalized spacial score (nSPS) is 10.7. The van der Waals surface area contributed by atoms with E-state index in [1.807, 2.05) is 12.1 Å². The van der Waals surface area contributed by atoms with Gasteiger partial charge >= 0.3 is 6.09 Å². The Morgan fingerprint density at radius 1 is 0.968 bits per heavy atom. The van der Waals surface area contributed by atoms with Crippen molar-refractivity contribution in [3.63, 3.8) is 0 Å². The standard InChI is InChI=1S/C23H29N3O5/c1-23(2,3)31-22(29)24-13-12-20(27)25-15-17-8-5-6-11-19(17)26-21(28)16-9-7-10-18(14-16)30-4/h5-11,14H,12-13,15H2,1-4H3,(H,24,29)(H,25,27)(H,26,28). The molecule has 0 spiro atoms. The lowest BCUT2D eigenvalue weighted by atomic mass is 10.1. The number of hydrogen-bond donors (Lipinski definition) is 3. The minimum atomic E-state index is -0.592. The predicted molar refractivity (Wildman–Crippen MR) is 118 cm³/mol. The first kappa shape index (κ1) is 23.7. The highest BCUT2D eigenvalue weighted by Crippen LogP contribution is 2.18. The summed E-state index contributed by atoms with van der Waals surface area (Å²) < 4.78 is 10.3. The lowest BCUT2D eigenvalue weighted by Gasteiger charge is -2.19. The number of carbonyl (C=O) groups excluding carboxylic acids is 3. The van der Waals surface area contributed by atoms with E-state index in [2.05, 4.69) is 16.0 Å². The van der Waals surface area contributed by atoms with Gasteiger partial charge in [0.05, 0.1) is 7.11 Å². The fourth-order valence-corrected chi connectivity index (χ4v) is 2.63. The number of anilines is 1. The van der Waals surface area contributed by atoms with E-state index in [4.69, 9.17) is 9.47 Å². The molecule has 0 bridgehead atoms. The zero-order chi connectivity index (χ0) is 22.9. The topological polar surface area (TPSA) is 106 Å². The van der Waals surface area contributed by atoms with E-state index in [9.17, 15) is 14.4 Å². The van der Waals surface area contributed by atoms with Gasteiger partial charge in [0, 0.05) is 30.8 Å². The molecule has 0 unspecified atom stereocenters. The molecule has 0 saturated carbocycles. The third kappa shape index (κ3) is 8.38. The molecular formula is C23H29N3O5. The quantitative estimate of drug-likeness (QED) is 0.598. The molecule has 8 heteroatoms. The third-order valence-electron chi connectivity index (χ3n) is 4.09. The molecule has 166 valence electrons. The molecule has 0 aliphatic carbocycles. The average molecular weight is 428 g/mol. The summed E-state index contributed by atoms with van der Waals surface area (Å²) in [4.78, 5) is 36.3. The molecule has 8 nitrogen and oxygen atoms in total. The van der Waals surface area contributed by atoms with E-state index >= 15 is 0 Å². The van der Waals surface area contributed by atoms with Gasteiger partial charge in [-0.05, 0) is 50.6 Å². The molecular weight excluding hydrogens is 398 g/mol. The molecule has 2 aromatic carbocycles. The number of para-hydroxylation sites is 1. The van der Waals surface area contributed by atoms with E-state index in [1.165, 1.54) is 7.11 Å². The second-order valence-corrected chi connectivity index (χ2v) is 7.80. The van der Waals surface area contributed by atoms with Crippen LogP contribution in [-0.4, -0.2) is 37.2 Å². The second kappa shape index (κ2) is 11.0. The molecule has 0 radical (unpaired) electrons. The maximum absolute atomic E-state index is 12.6. The summed E-state index contributed by atoms with van der Waals surface area (Å²) in [5.74, 6) is 0.0809. The van der Waals surface area contributed by atoms with Gasteiger partial charge < -0.3 is 25.4 Å². The van der Waals surface area contributed by atoms with Gasteiger partial charge in [-0.25, -0.2) is 4.79 Å². The Kier molecular flexibility index (Phi) is 8.43. The highest BCUT2D eigenvalue weighted by atomic mass is 16.6. The summed E-state index contributed by atoms with van der Waals surface area (Å²) in [5, 5.41) is 8.20. The Hall–Kier alpha value is -3.55. The molecule has 0 aromatic heterocycles. The van der Waals surface area contributed by atoms with E-state index < -0.39 is 11.7 Å². The van der Waals surface area contributed by atoms with Crippen LogP contribution < -0.4 is 20.7 Å².